The summed E-state index contributed by atoms with van der Waals surface area (Å²) in [5.74, 6) is 0.315. The van der Waals surface area contributed by atoms with E-state index in [0.717, 1.165) is 28.6 Å². The molecule has 0 aliphatic carbocycles. The number of thiocarbonyl (C=S) groups is 1. The number of rotatable bonds is 5. The minimum atomic E-state index is -0.216. The molecule has 0 saturated heterocycles. The smallest absolute Gasteiger partial charge is 0.171 e. The van der Waals surface area contributed by atoms with Crippen molar-refractivity contribution in [2.45, 2.75) is 19.8 Å². The third kappa shape index (κ3) is 5.71. The zero-order chi connectivity index (χ0) is 16.8. The molecule has 7 heteroatoms. The third-order valence-corrected chi connectivity index (χ3v) is 4.52. The highest BCUT2D eigenvalue weighted by molar-refractivity contribution is 9.10. The second-order valence-corrected chi connectivity index (χ2v) is 6.67. The molecule has 0 amide bonds. The van der Waals surface area contributed by atoms with Crippen molar-refractivity contribution in [1.29, 1.82) is 0 Å². The van der Waals surface area contributed by atoms with Crippen molar-refractivity contribution in [1.82, 2.24) is 10.3 Å². The number of nitrogens with one attached hydrogen (secondary N) is 2. The lowest BCUT2D eigenvalue weighted by molar-refractivity contribution is 0.626. The number of halogens is 3. The van der Waals surface area contributed by atoms with Crippen LogP contribution in [-0.4, -0.2) is 16.6 Å². The number of anilines is 1. The van der Waals surface area contributed by atoms with Gasteiger partial charge in [-0.1, -0.05) is 23.7 Å². The number of pyridine rings is 1. The highest BCUT2D eigenvalue weighted by atomic mass is 79.9. The van der Waals surface area contributed by atoms with Gasteiger partial charge in [0.15, 0.2) is 10.9 Å². The summed E-state index contributed by atoms with van der Waals surface area (Å²) in [7, 11) is 0. The van der Waals surface area contributed by atoms with Crippen molar-refractivity contribution in [2.75, 3.05) is 11.9 Å². The minimum Gasteiger partial charge on any atom is -0.362 e. The topological polar surface area (TPSA) is 37.0 Å². The maximum atomic E-state index is 12.8. The maximum Gasteiger partial charge on any atom is 0.171 e. The van der Waals surface area contributed by atoms with Gasteiger partial charge in [0.25, 0.3) is 0 Å². The number of aromatic nitrogens is 1. The average molecular weight is 417 g/mol. The van der Waals surface area contributed by atoms with E-state index in [4.69, 9.17) is 23.8 Å². The maximum absolute atomic E-state index is 12.8. The van der Waals surface area contributed by atoms with E-state index in [-0.39, 0.29) is 5.82 Å². The van der Waals surface area contributed by atoms with Crippen molar-refractivity contribution in [3.05, 3.63) is 56.9 Å². The van der Waals surface area contributed by atoms with Gasteiger partial charge >= 0.3 is 0 Å². The molecule has 0 saturated carbocycles. The molecule has 2 rings (SSSR count). The van der Waals surface area contributed by atoms with Crippen molar-refractivity contribution in [3.8, 4) is 0 Å². The third-order valence-electron chi connectivity index (χ3n) is 3.18. The van der Waals surface area contributed by atoms with E-state index in [0.29, 0.717) is 22.5 Å². The van der Waals surface area contributed by atoms with Crippen LogP contribution in [0.5, 0.6) is 0 Å². The Morgan fingerprint density at radius 3 is 2.74 bits per heavy atom. The summed E-state index contributed by atoms with van der Waals surface area (Å²) in [6.45, 7) is 2.58. The second kappa shape index (κ2) is 8.57. The van der Waals surface area contributed by atoms with E-state index in [1.54, 1.807) is 18.2 Å². The van der Waals surface area contributed by atoms with Gasteiger partial charge in [-0.15, -0.1) is 0 Å². The summed E-state index contributed by atoms with van der Waals surface area (Å²) in [6.07, 6.45) is 1.74. The van der Waals surface area contributed by atoms with Crippen LogP contribution in [0.15, 0.2) is 34.8 Å². The molecule has 0 aliphatic rings. The molecule has 2 aromatic rings. The number of hydrogen-bond acceptors (Lipinski definition) is 2. The number of benzene rings is 1. The van der Waals surface area contributed by atoms with Gasteiger partial charge in [-0.2, -0.15) is 0 Å². The van der Waals surface area contributed by atoms with Gasteiger partial charge in [0.2, 0.25) is 0 Å². The van der Waals surface area contributed by atoms with Crippen molar-refractivity contribution in [2.24, 2.45) is 0 Å². The van der Waals surface area contributed by atoms with E-state index in [9.17, 15) is 4.39 Å². The minimum absolute atomic E-state index is 0.216. The van der Waals surface area contributed by atoms with E-state index in [2.05, 4.69) is 31.5 Å². The lowest BCUT2D eigenvalue weighted by Gasteiger charge is -2.12. The molecular weight excluding hydrogens is 401 g/mol. The fourth-order valence-electron chi connectivity index (χ4n) is 1.94. The van der Waals surface area contributed by atoms with Crippen molar-refractivity contribution in [3.63, 3.8) is 0 Å². The normalized spacial score (nSPS) is 10.4. The van der Waals surface area contributed by atoms with Gasteiger partial charge in [-0.3, -0.25) is 0 Å². The van der Waals surface area contributed by atoms with Crippen molar-refractivity contribution < 1.29 is 4.39 Å². The first kappa shape index (κ1) is 18.1. The summed E-state index contributed by atoms with van der Waals surface area (Å²) >= 11 is 14.7. The molecule has 0 fully saturated rings. The van der Waals surface area contributed by atoms with Gasteiger partial charge in [-0.25, -0.2) is 9.37 Å². The Morgan fingerprint density at radius 2 is 2.04 bits per heavy atom. The molecule has 2 N–H and O–H groups in total. The van der Waals surface area contributed by atoms with E-state index in [1.165, 1.54) is 12.1 Å². The molecule has 23 heavy (non-hydrogen) atoms. The highest BCUT2D eigenvalue weighted by Gasteiger charge is 2.07. The molecule has 122 valence electrons. The highest BCUT2D eigenvalue weighted by Crippen LogP contribution is 2.25. The fourth-order valence-corrected chi connectivity index (χ4v) is 2.79. The predicted octanol–water partition coefficient (Wildman–Crippen LogP) is 4.86. The van der Waals surface area contributed by atoms with E-state index >= 15 is 0 Å². The largest absolute Gasteiger partial charge is 0.362 e. The quantitative estimate of drug-likeness (QED) is 0.539. The monoisotopic (exact) mass is 415 g/mol. The average Bonchev–Trinajstić information content (AvgIpc) is 2.51. The molecule has 0 bridgehead atoms. The Morgan fingerprint density at radius 1 is 1.35 bits per heavy atom. The fraction of sp³-hybridized carbons (Fsp3) is 0.250. The van der Waals surface area contributed by atoms with Crippen LogP contribution in [0.1, 0.15) is 17.7 Å². The van der Waals surface area contributed by atoms with Gasteiger partial charge in [0.05, 0.1) is 10.7 Å². The molecule has 0 radical (unpaired) electrons. The Balaban J connectivity index is 1.77. The zero-order valence-electron chi connectivity index (χ0n) is 12.5. The van der Waals surface area contributed by atoms with Crippen LogP contribution in [-0.2, 0) is 6.42 Å². The lowest BCUT2D eigenvalue weighted by atomic mass is 10.1. The molecule has 3 nitrogen and oxygen atoms in total. The van der Waals surface area contributed by atoms with E-state index in [1.807, 2.05) is 6.92 Å². The Labute approximate surface area is 153 Å². The van der Waals surface area contributed by atoms with Crippen LogP contribution in [0.3, 0.4) is 0 Å². The molecule has 1 aromatic heterocycles. The summed E-state index contributed by atoms with van der Waals surface area (Å²) in [5, 5.41) is 7.07. The molecule has 0 atom stereocenters. The predicted molar refractivity (Wildman–Crippen MR) is 101 cm³/mol. The van der Waals surface area contributed by atoms with Crippen LogP contribution >= 0.6 is 39.7 Å². The van der Waals surface area contributed by atoms with Crippen molar-refractivity contribution >= 4 is 50.7 Å². The molecule has 0 aliphatic heterocycles. The second-order valence-electron chi connectivity index (χ2n) is 5.00. The standard InChI is InChI=1S/C16H16BrClFN3S/c1-10-13(17)9-14(18)15(21-10)22-16(23)20-8-2-3-11-4-6-12(19)7-5-11/h4-7,9H,2-3,8H2,1H3,(H2,20,21,22,23). The molecule has 1 heterocycles. The number of nitrogens with zero attached hydrogens (tertiary/aromatic N) is 1. The molecule has 1 aromatic carbocycles. The first-order valence-electron chi connectivity index (χ1n) is 7.07. The zero-order valence-corrected chi connectivity index (χ0v) is 15.7. The summed E-state index contributed by atoms with van der Waals surface area (Å²) in [6, 6.07) is 8.31. The van der Waals surface area contributed by atoms with Crippen LogP contribution < -0.4 is 10.6 Å². The van der Waals surface area contributed by atoms with Crippen LogP contribution in [0.2, 0.25) is 5.02 Å². The van der Waals surface area contributed by atoms with E-state index < -0.39 is 0 Å². The van der Waals surface area contributed by atoms with Crippen LogP contribution in [0.4, 0.5) is 10.2 Å². The van der Waals surface area contributed by atoms with Crippen LogP contribution in [0, 0.1) is 12.7 Å². The molecular formula is C16H16BrClFN3S. The Bertz CT molecular complexity index is 694. The van der Waals surface area contributed by atoms with Gasteiger partial charge in [0.1, 0.15) is 5.82 Å². The van der Waals surface area contributed by atoms with Crippen LogP contribution in [0.25, 0.3) is 0 Å². The first-order chi connectivity index (χ1) is 11.0. The number of hydrogen-bond donors (Lipinski definition) is 2. The Kier molecular flexibility index (Phi) is 6.74. The van der Waals surface area contributed by atoms with Gasteiger partial charge in [0, 0.05) is 11.0 Å². The molecule has 0 unspecified atom stereocenters. The molecule has 0 spiro atoms. The summed E-state index contributed by atoms with van der Waals surface area (Å²) < 4.78 is 13.7. The SMILES string of the molecule is Cc1nc(NC(=S)NCCCc2ccc(F)cc2)c(Cl)cc1Br. The summed E-state index contributed by atoms with van der Waals surface area (Å²) in [5.41, 5.74) is 1.93. The van der Waals surface area contributed by atoms with Gasteiger partial charge in [-0.05, 0) is 71.7 Å². The first-order valence-corrected chi connectivity index (χ1v) is 8.65. The Hall–Kier alpha value is -1.24. The lowest BCUT2D eigenvalue weighted by Crippen LogP contribution is -2.30. The number of aryl methyl sites for hydroxylation is 2. The van der Waals surface area contributed by atoms with Gasteiger partial charge < -0.3 is 10.6 Å². The summed E-state index contributed by atoms with van der Waals surface area (Å²) in [4.78, 5) is 4.34.